The van der Waals surface area contributed by atoms with Crippen LogP contribution in [0.15, 0.2) is 53.4 Å². The third-order valence-corrected chi connectivity index (χ3v) is 5.63. The molecule has 0 N–H and O–H groups in total. The fourth-order valence-corrected chi connectivity index (χ4v) is 3.65. The fraction of sp³-hybridized carbons (Fsp3) is 0.278. The van der Waals surface area contributed by atoms with Gasteiger partial charge >= 0.3 is 0 Å². The number of halogens is 1. The van der Waals surface area contributed by atoms with Crippen LogP contribution in [0.5, 0.6) is 0 Å². The van der Waals surface area contributed by atoms with Gasteiger partial charge in [0.25, 0.3) is 5.91 Å². The van der Waals surface area contributed by atoms with Gasteiger partial charge in [0.05, 0.1) is 4.90 Å². The molecule has 0 bridgehead atoms. The highest BCUT2D eigenvalue weighted by Crippen LogP contribution is 2.20. The Kier molecular flexibility index (Phi) is 5.01. The lowest BCUT2D eigenvalue weighted by Crippen LogP contribution is -2.48. The normalized spacial score (nSPS) is 15.3. The van der Waals surface area contributed by atoms with Crippen LogP contribution in [-0.2, 0) is 9.84 Å². The molecule has 1 amide bonds. The molecule has 1 saturated heterocycles. The van der Waals surface area contributed by atoms with Crippen LogP contribution in [0.2, 0.25) is 5.02 Å². The van der Waals surface area contributed by atoms with E-state index >= 15 is 0 Å². The maximum absolute atomic E-state index is 12.7. The Hall–Kier alpha value is -2.05. The van der Waals surface area contributed by atoms with Gasteiger partial charge in [0, 0.05) is 48.7 Å². The summed E-state index contributed by atoms with van der Waals surface area (Å²) in [7, 11) is -3.33. The predicted molar refractivity (Wildman–Crippen MR) is 99.1 cm³/mol. The highest BCUT2D eigenvalue weighted by molar-refractivity contribution is 7.90. The molecule has 2 aromatic carbocycles. The molecule has 0 aliphatic carbocycles. The number of amides is 1. The monoisotopic (exact) mass is 378 g/mol. The van der Waals surface area contributed by atoms with E-state index in [-0.39, 0.29) is 10.8 Å². The van der Waals surface area contributed by atoms with Crippen LogP contribution < -0.4 is 4.90 Å². The molecule has 0 radical (unpaired) electrons. The molecule has 25 heavy (non-hydrogen) atoms. The van der Waals surface area contributed by atoms with Crippen molar-refractivity contribution in [3.8, 4) is 0 Å². The summed E-state index contributed by atoms with van der Waals surface area (Å²) in [5.41, 5.74) is 1.48. The number of hydrogen-bond donors (Lipinski definition) is 0. The Morgan fingerprint density at radius 3 is 2.24 bits per heavy atom. The fourth-order valence-electron chi connectivity index (χ4n) is 2.86. The zero-order valence-electron chi connectivity index (χ0n) is 13.9. The topological polar surface area (TPSA) is 57.7 Å². The van der Waals surface area contributed by atoms with E-state index in [0.717, 1.165) is 25.0 Å². The van der Waals surface area contributed by atoms with Crippen molar-refractivity contribution in [1.29, 1.82) is 0 Å². The lowest BCUT2D eigenvalue weighted by atomic mass is 10.1. The van der Waals surface area contributed by atoms with Crippen molar-refractivity contribution >= 4 is 33.0 Å². The van der Waals surface area contributed by atoms with Gasteiger partial charge < -0.3 is 9.80 Å². The van der Waals surface area contributed by atoms with Crippen LogP contribution in [0.3, 0.4) is 0 Å². The first-order chi connectivity index (χ1) is 11.8. The summed E-state index contributed by atoms with van der Waals surface area (Å²) < 4.78 is 23.3. The van der Waals surface area contributed by atoms with Crippen LogP contribution in [0.25, 0.3) is 0 Å². The summed E-state index contributed by atoms with van der Waals surface area (Å²) in [6.45, 7) is 2.62. The third-order valence-electron chi connectivity index (χ3n) is 4.27. The number of anilines is 1. The van der Waals surface area contributed by atoms with Crippen LogP contribution in [0.1, 0.15) is 10.4 Å². The summed E-state index contributed by atoms with van der Waals surface area (Å²) >= 11 is 5.91. The molecule has 0 unspecified atom stereocenters. The zero-order chi connectivity index (χ0) is 18.0. The molecule has 3 rings (SSSR count). The summed E-state index contributed by atoms with van der Waals surface area (Å²) in [6, 6.07) is 13.9. The van der Waals surface area contributed by atoms with Crippen molar-refractivity contribution in [2.75, 3.05) is 37.3 Å². The van der Waals surface area contributed by atoms with Crippen LogP contribution in [0, 0.1) is 0 Å². The second kappa shape index (κ2) is 7.06. The van der Waals surface area contributed by atoms with Gasteiger partial charge in [-0.05, 0) is 42.5 Å². The Labute approximate surface area is 152 Å². The first kappa shape index (κ1) is 17.8. The molecule has 7 heteroatoms. The van der Waals surface area contributed by atoms with E-state index in [0.29, 0.717) is 23.7 Å². The van der Waals surface area contributed by atoms with Crippen LogP contribution >= 0.6 is 11.6 Å². The minimum Gasteiger partial charge on any atom is -0.368 e. The van der Waals surface area contributed by atoms with E-state index in [4.69, 9.17) is 11.6 Å². The molecule has 0 saturated carbocycles. The number of carbonyl (C=O) groups is 1. The minimum atomic E-state index is -3.33. The average molecular weight is 379 g/mol. The van der Waals surface area contributed by atoms with Gasteiger partial charge in [-0.25, -0.2) is 8.42 Å². The second-order valence-electron chi connectivity index (χ2n) is 6.06. The number of carbonyl (C=O) groups excluding carboxylic acids is 1. The SMILES string of the molecule is CS(=O)(=O)c1cccc(C(=O)N2CCN(c3ccc(Cl)cc3)CC2)c1. The van der Waals surface area contributed by atoms with E-state index in [1.165, 1.54) is 12.1 Å². The highest BCUT2D eigenvalue weighted by Gasteiger charge is 2.23. The Bertz CT molecular complexity index is 873. The summed E-state index contributed by atoms with van der Waals surface area (Å²) in [5.74, 6) is -0.138. The summed E-state index contributed by atoms with van der Waals surface area (Å²) in [4.78, 5) is 16.8. The van der Waals surface area contributed by atoms with Crippen molar-refractivity contribution in [1.82, 2.24) is 4.90 Å². The Balaban J connectivity index is 1.68. The molecule has 5 nitrogen and oxygen atoms in total. The molecule has 1 heterocycles. The first-order valence-electron chi connectivity index (χ1n) is 7.94. The minimum absolute atomic E-state index is 0.138. The van der Waals surface area contributed by atoms with Gasteiger partial charge in [-0.1, -0.05) is 17.7 Å². The van der Waals surface area contributed by atoms with Crippen LogP contribution in [-0.4, -0.2) is 51.7 Å². The number of piperazine rings is 1. The Morgan fingerprint density at radius 1 is 1.00 bits per heavy atom. The van der Waals surface area contributed by atoms with Crippen molar-refractivity contribution in [2.24, 2.45) is 0 Å². The number of hydrogen-bond acceptors (Lipinski definition) is 4. The van der Waals surface area contributed by atoms with Gasteiger partial charge in [0.2, 0.25) is 0 Å². The van der Waals surface area contributed by atoms with Crippen molar-refractivity contribution in [3.63, 3.8) is 0 Å². The molecule has 2 aromatic rings. The zero-order valence-corrected chi connectivity index (χ0v) is 15.4. The first-order valence-corrected chi connectivity index (χ1v) is 10.2. The molecule has 1 fully saturated rings. The number of rotatable bonds is 3. The maximum atomic E-state index is 12.7. The average Bonchev–Trinajstić information content (AvgIpc) is 2.61. The largest absolute Gasteiger partial charge is 0.368 e. The third kappa shape index (κ3) is 4.14. The standard InChI is InChI=1S/C18H19ClN2O3S/c1-25(23,24)17-4-2-3-14(13-17)18(22)21-11-9-20(10-12-21)16-7-5-15(19)6-8-16/h2-8,13H,9-12H2,1H3. The van der Waals surface area contributed by atoms with Gasteiger partial charge in [-0.3, -0.25) is 4.79 Å². The lowest BCUT2D eigenvalue weighted by Gasteiger charge is -2.36. The predicted octanol–water partition coefficient (Wildman–Crippen LogP) is 2.71. The number of benzene rings is 2. The van der Waals surface area contributed by atoms with Crippen LogP contribution in [0.4, 0.5) is 5.69 Å². The lowest BCUT2D eigenvalue weighted by molar-refractivity contribution is 0.0746. The van der Waals surface area contributed by atoms with E-state index in [1.807, 2.05) is 24.3 Å². The highest BCUT2D eigenvalue weighted by atomic mass is 35.5. The smallest absolute Gasteiger partial charge is 0.254 e. The molecule has 0 atom stereocenters. The molecule has 0 aromatic heterocycles. The van der Waals surface area contributed by atoms with Gasteiger partial charge in [0.1, 0.15) is 0 Å². The summed E-state index contributed by atoms with van der Waals surface area (Å²) in [5, 5.41) is 0.698. The van der Waals surface area contributed by atoms with E-state index in [1.54, 1.807) is 17.0 Å². The number of sulfone groups is 1. The van der Waals surface area contributed by atoms with Crippen molar-refractivity contribution in [2.45, 2.75) is 4.90 Å². The molecule has 1 aliphatic heterocycles. The Morgan fingerprint density at radius 2 is 1.64 bits per heavy atom. The maximum Gasteiger partial charge on any atom is 0.254 e. The van der Waals surface area contributed by atoms with Crippen molar-refractivity contribution in [3.05, 3.63) is 59.1 Å². The van der Waals surface area contributed by atoms with E-state index in [2.05, 4.69) is 4.90 Å². The van der Waals surface area contributed by atoms with E-state index < -0.39 is 9.84 Å². The number of nitrogens with zero attached hydrogens (tertiary/aromatic N) is 2. The molecule has 1 aliphatic rings. The van der Waals surface area contributed by atoms with Gasteiger partial charge in [-0.2, -0.15) is 0 Å². The van der Waals surface area contributed by atoms with Gasteiger partial charge in [0.15, 0.2) is 9.84 Å². The molecular weight excluding hydrogens is 360 g/mol. The molecule has 0 spiro atoms. The van der Waals surface area contributed by atoms with Crippen molar-refractivity contribution < 1.29 is 13.2 Å². The quantitative estimate of drug-likeness (QED) is 0.824. The van der Waals surface area contributed by atoms with Gasteiger partial charge in [-0.15, -0.1) is 0 Å². The summed E-state index contributed by atoms with van der Waals surface area (Å²) in [6.07, 6.45) is 1.14. The molecule has 132 valence electrons. The van der Waals surface area contributed by atoms with E-state index in [9.17, 15) is 13.2 Å². The molecular formula is C18H19ClN2O3S. The second-order valence-corrected chi connectivity index (χ2v) is 8.51.